The first-order chi connectivity index (χ1) is 33.7. The SMILES string of the molecule is CC[C@H]1CC[C@H]2[C@@H]3Cc4cccc(c4)C[C@H](O)/C=C4/C[C@H](c5cc(CO)cc(NC[C@@](C)(O)CCOC)c5)C#C[C@H]5CC(=O)Oc6c5cc(c(O)c6C5CCCCC5)C[C@@H](OC4=O)[C@@]1(O)[C@@H]2CCC3=O. The molecule has 3 aliphatic heterocycles. The Morgan fingerprint density at radius 1 is 0.914 bits per heavy atom. The molecule has 6 aliphatic rings. The van der Waals surface area contributed by atoms with Crippen LogP contribution in [0.1, 0.15) is 154 Å². The van der Waals surface area contributed by atoms with Gasteiger partial charge in [-0.05, 0) is 128 Å². The zero-order chi connectivity index (χ0) is 49.3. The van der Waals surface area contributed by atoms with Gasteiger partial charge in [0.25, 0.3) is 0 Å². The van der Waals surface area contributed by atoms with E-state index in [0.717, 1.165) is 49.7 Å². The van der Waals surface area contributed by atoms with E-state index in [1.165, 1.54) is 6.08 Å². The molecule has 0 aromatic heterocycles. The molecular formula is C58H71NO11. The van der Waals surface area contributed by atoms with Crippen LogP contribution >= 0.6 is 0 Å². The lowest BCUT2D eigenvalue weighted by atomic mass is 9.53. The Bertz CT molecular complexity index is 2550. The molecule has 6 N–H and O–H groups in total. The number of anilines is 1. The lowest BCUT2D eigenvalue weighted by molar-refractivity contribution is -0.212. The molecule has 0 radical (unpaired) electrons. The lowest BCUT2D eigenvalue weighted by Crippen LogP contribution is -2.63. The van der Waals surface area contributed by atoms with Crippen LogP contribution in [0, 0.1) is 35.5 Å². The topological polar surface area (TPSA) is 192 Å². The van der Waals surface area contributed by atoms with Crippen molar-refractivity contribution in [3.63, 3.8) is 0 Å². The molecule has 3 saturated carbocycles. The van der Waals surface area contributed by atoms with Gasteiger partial charge in [-0.15, -0.1) is 0 Å². The van der Waals surface area contributed by atoms with E-state index in [-0.39, 0.29) is 86.0 Å². The van der Waals surface area contributed by atoms with Crippen molar-refractivity contribution in [2.45, 2.75) is 164 Å². The van der Waals surface area contributed by atoms with Crippen LogP contribution in [-0.2, 0) is 49.7 Å². The highest BCUT2D eigenvalue weighted by molar-refractivity contribution is 5.89. The zero-order valence-corrected chi connectivity index (χ0v) is 41.0. The van der Waals surface area contributed by atoms with E-state index in [1.807, 2.05) is 49.4 Å². The fourth-order valence-corrected chi connectivity index (χ4v) is 13.1. The largest absolute Gasteiger partial charge is 0.507 e. The molecular weight excluding hydrogens is 887 g/mol. The number of hydrogen-bond acceptors (Lipinski definition) is 12. The number of hydrogen-bond donors (Lipinski definition) is 6. The molecule has 3 heterocycles. The number of rotatable bonds is 10. The number of ether oxygens (including phenoxy) is 3. The molecule has 10 atom stereocenters. The van der Waals surface area contributed by atoms with Crippen LogP contribution in [0.15, 0.2) is 60.2 Å². The average molecular weight is 958 g/mol. The molecule has 10 bridgehead atoms. The highest BCUT2D eigenvalue weighted by atomic mass is 16.6. The quantitative estimate of drug-likeness (QED) is 0.0653. The minimum Gasteiger partial charge on any atom is -0.507 e. The lowest BCUT2D eigenvalue weighted by Gasteiger charge is -2.56. The molecule has 3 aromatic carbocycles. The standard InChI is InChI=1S/C58H71NO11/c1-4-43-15-16-46-48-25-35-10-8-9-34(21-35)24-45(61)28-42-26-38(40-22-36(32-60)23-44(27-40)59-33-57(2,66)19-20-68-3)13-14-39-31-52(63)70-55-47(39)29-41(54(64)53(55)37-11-6-5-7-12-37)30-51(69-56(42)65)58(43,67)49(46)17-18-50(48)62/h8-10,21-23,27-29,37-39,43,45-46,48-49,51,59-61,64,66-67H,4-7,11-12,15-20,24-26,30-33H2,1-3H3/b42-28-/t38-,39+,43+,45+,46+,48+,49-,51-,57+,58+/m1/s1. The molecule has 12 heteroatoms. The molecule has 3 aliphatic carbocycles. The van der Waals surface area contributed by atoms with Crippen molar-refractivity contribution in [1.82, 2.24) is 0 Å². The minimum atomic E-state index is -1.62. The van der Waals surface area contributed by atoms with E-state index in [2.05, 4.69) is 17.2 Å². The van der Waals surface area contributed by atoms with Crippen LogP contribution in [-0.4, -0.2) is 86.9 Å². The first-order valence-electron chi connectivity index (χ1n) is 25.9. The van der Waals surface area contributed by atoms with Gasteiger partial charge in [0.1, 0.15) is 29.0 Å². The Balaban J connectivity index is 1.26. The molecule has 12 nitrogen and oxygen atoms in total. The fourth-order valence-electron chi connectivity index (χ4n) is 13.1. The van der Waals surface area contributed by atoms with E-state index in [9.17, 15) is 35.1 Å². The summed E-state index contributed by atoms with van der Waals surface area (Å²) in [6, 6.07) is 15.3. The predicted octanol–water partition coefficient (Wildman–Crippen LogP) is 8.02. The summed E-state index contributed by atoms with van der Waals surface area (Å²) >= 11 is 0. The van der Waals surface area contributed by atoms with Crippen LogP contribution in [0.5, 0.6) is 11.5 Å². The number of esters is 2. The predicted molar refractivity (Wildman–Crippen MR) is 264 cm³/mol. The van der Waals surface area contributed by atoms with Gasteiger partial charge in [-0.1, -0.05) is 74.8 Å². The average Bonchev–Trinajstić information content (AvgIpc) is 3.35. The number of methoxy groups -OCH3 is 1. The van der Waals surface area contributed by atoms with Gasteiger partial charge < -0.3 is 45.1 Å². The second-order valence-electron chi connectivity index (χ2n) is 21.6. The van der Waals surface area contributed by atoms with Crippen molar-refractivity contribution in [3.8, 4) is 23.3 Å². The third-order valence-electron chi connectivity index (χ3n) is 16.8. The van der Waals surface area contributed by atoms with Gasteiger partial charge in [0.15, 0.2) is 0 Å². The number of fused-ring (bicyclic) bond motifs is 7. The second-order valence-corrected chi connectivity index (χ2v) is 21.6. The first-order valence-corrected chi connectivity index (χ1v) is 25.9. The first kappa shape index (κ1) is 49.9. The summed E-state index contributed by atoms with van der Waals surface area (Å²) in [5.74, 6) is 3.42. The van der Waals surface area contributed by atoms with Gasteiger partial charge in [0.2, 0.25) is 0 Å². The van der Waals surface area contributed by atoms with Crippen LogP contribution in [0.2, 0.25) is 0 Å². The Hall–Kier alpha value is -5.03. The van der Waals surface area contributed by atoms with E-state index in [4.69, 9.17) is 14.2 Å². The van der Waals surface area contributed by atoms with E-state index in [0.29, 0.717) is 78.0 Å². The molecule has 3 fully saturated rings. The number of Topliss-reactive ketones (excluding diaryl/α,β-unsaturated/α-hetero) is 1. The summed E-state index contributed by atoms with van der Waals surface area (Å²) < 4.78 is 18.2. The van der Waals surface area contributed by atoms with Crippen molar-refractivity contribution >= 4 is 23.4 Å². The Kier molecular flexibility index (Phi) is 15.0. The van der Waals surface area contributed by atoms with Crippen LogP contribution < -0.4 is 10.1 Å². The molecule has 3 aromatic rings. The van der Waals surface area contributed by atoms with Gasteiger partial charge in [-0.2, -0.15) is 0 Å². The van der Waals surface area contributed by atoms with E-state index in [1.54, 1.807) is 20.1 Å². The summed E-state index contributed by atoms with van der Waals surface area (Å²) in [5.41, 5.74) is 2.71. The van der Waals surface area contributed by atoms with Crippen molar-refractivity contribution < 1.29 is 54.1 Å². The fraction of sp³-hybridized carbons (Fsp3) is 0.569. The zero-order valence-electron chi connectivity index (χ0n) is 41.0. The summed E-state index contributed by atoms with van der Waals surface area (Å²) in [6.45, 7) is 3.98. The Morgan fingerprint density at radius 2 is 1.69 bits per heavy atom. The van der Waals surface area contributed by atoms with Crippen LogP contribution in [0.25, 0.3) is 0 Å². The number of nitrogens with one attached hydrogen (secondary N) is 1. The summed E-state index contributed by atoms with van der Waals surface area (Å²) in [5, 5.41) is 63.6. The van der Waals surface area contributed by atoms with Gasteiger partial charge in [-0.3, -0.25) is 9.59 Å². The highest BCUT2D eigenvalue weighted by Crippen LogP contribution is 2.56. The normalized spacial score (nSPS) is 30.8. The van der Waals surface area contributed by atoms with E-state index < -0.39 is 53.1 Å². The minimum absolute atomic E-state index is 0.0278. The van der Waals surface area contributed by atoms with Crippen molar-refractivity contribution in [2.75, 3.05) is 25.6 Å². The maximum absolute atomic E-state index is 15.5. The number of aliphatic hydroxyl groups excluding tert-OH is 2. The molecule has 0 amide bonds. The number of benzene rings is 3. The van der Waals surface area contributed by atoms with E-state index >= 15 is 4.79 Å². The maximum atomic E-state index is 15.5. The van der Waals surface area contributed by atoms with Gasteiger partial charge in [0.05, 0.1) is 30.7 Å². The van der Waals surface area contributed by atoms with Gasteiger partial charge in [-0.25, -0.2) is 4.79 Å². The summed E-state index contributed by atoms with van der Waals surface area (Å²) in [6.07, 6.45) is 7.27. The molecule has 9 rings (SSSR count). The number of phenolic OH excluding ortho intramolecular Hbond substituents is 1. The second kappa shape index (κ2) is 21.0. The third-order valence-corrected chi connectivity index (χ3v) is 16.8. The Morgan fingerprint density at radius 3 is 2.44 bits per heavy atom. The number of carbonyl (C=O) groups excluding carboxylic acids is 3. The molecule has 374 valence electrons. The number of carbonyl (C=O) groups is 3. The molecule has 0 saturated heterocycles. The summed E-state index contributed by atoms with van der Waals surface area (Å²) in [7, 11) is 1.58. The molecule has 0 unspecified atom stereocenters. The van der Waals surface area contributed by atoms with Crippen LogP contribution in [0.3, 0.4) is 0 Å². The monoisotopic (exact) mass is 958 g/mol. The number of aliphatic hydroxyl groups is 4. The van der Waals surface area contributed by atoms with Crippen LogP contribution in [0.4, 0.5) is 5.69 Å². The van der Waals surface area contributed by atoms with Gasteiger partial charge >= 0.3 is 11.9 Å². The number of ketones is 1. The molecule has 70 heavy (non-hydrogen) atoms. The highest BCUT2D eigenvalue weighted by Gasteiger charge is 2.59. The maximum Gasteiger partial charge on any atom is 0.334 e. The van der Waals surface area contributed by atoms with Crippen molar-refractivity contribution in [1.29, 1.82) is 0 Å². The van der Waals surface area contributed by atoms with Crippen molar-refractivity contribution in [2.24, 2.45) is 23.7 Å². The number of phenols is 1. The third kappa shape index (κ3) is 10.3. The summed E-state index contributed by atoms with van der Waals surface area (Å²) in [4.78, 5) is 43.3. The van der Waals surface area contributed by atoms with Crippen molar-refractivity contribution in [3.05, 3.63) is 99.1 Å². The van der Waals surface area contributed by atoms with Gasteiger partial charge in [0, 0.05) is 80.2 Å². The Labute approximate surface area is 412 Å². The molecule has 0 spiro atoms. The number of aromatic hydroxyl groups is 1. The smallest absolute Gasteiger partial charge is 0.334 e.